The Labute approximate surface area is 173 Å². The van der Waals surface area contributed by atoms with Gasteiger partial charge in [0, 0.05) is 17.3 Å². The maximum absolute atomic E-state index is 12.4. The van der Waals surface area contributed by atoms with Crippen molar-refractivity contribution in [3.8, 4) is 17.2 Å². The summed E-state index contributed by atoms with van der Waals surface area (Å²) in [6, 6.07) is 15.2. The van der Waals surface area contributed by atoms with E-state index in [1.54, 1.807) is 31.4 Å². The molecule has 0 spiro atoms. The molecule has 3 aromatic carbocycles. The fourth-order valence-corrected chi connectivity index (χ4v) is 3.04. The molecule has 0 heterocycles. The van der Waals surface area contributed by atoms with Gasteiger partial charge in [0.05, 0.1) is 7.11 Å². The van der Waals surface area contributed by atoms with Crippen LogP contribution >= 0.6 is 0 Å². The van der Waals surface area contributed by atoms with Crippen molar-refractivity contribution in [1.29, 1.82) is 0 Å². The number of rotatable bonds is 7. The predicted octanol–water partition coefficient (Wildman–Crippen LogP) is 3.16. The largest absolute Gasteiger partial charge is 0.507 e. The molecule has 0 fully saturated rings. The number of carbonyl (C=O) groups is 2. The van der Waals surface area contributed by atoms with E-state index in [0.29, 0.717) is 23.7 Å². The van der Waals surface area contributed by atoms with Crippen LogP contribution in [-0.2, 0) is 16.0 Å². The Morgan fingerprint density at radius 1 is 1.03 bits per heavy atom. The molecule has 3 N–H and O–H groups in total. The average Bonchev–Trinajstić information content (AvgIpc) is 2.76. The van der Waals surface area contributed by atoms with E-state index in [0.717, 1.165) is 17.4 Å². The summed E-state index contributed by atoms with van der Waals surface area (Å²) >= 11 is 0. The first-order valence-corrected chi connectivity index (χ1v) is 9.46. The minimum absolute atomic E-state index is 0.160. The minimum atomic E-state index is -1.07. The van der Waals surface area contributed by atoms with Crippen molar-refractivity contribution in [3.63, 3.8) is 0 Å². The Balaban J connectivity index is 1.59. The molecule has 0 bridgehead atoms. The number of phenols is 2. The normalized spacial score (nSPS) is 11.7. The van der Waals surface area contributed by atoms with Gasteiger partial charge in [0.1, 0.15) is 22.8 Å². The molecule has 0 aliphatic rings. The number of fused-ring (bicyclic) bond motifs is 1. The van der Waals surface area contributed by atoms with Gasteiger partial charge in [0.25, 0.3) is 5.91 Å². The van der Waals surface area contributed by atoms with Gasteiger partial charge >= 0.3 is 5.97 Å². The lowest BCUT2D eigenvalue weighted by molar-refractivity contribution is -0.129. The van der Waals surface area contributed by atoms with Gasteiger partial charge in [-0.15, -0.1) is 0 Å². The van der Waals surface area contributed by atoms with E-state index in [4.69, 9.17) is 9.47 Å². The summed E-state index contributed by atoms with van der Waals surface area (Å²) in [5, 5.41) is 23.9. The molecule has 3 rings (SSSR count). The van der Waals surface area contributed by atoms with Crippen LogP contribution in [0.4, 0.5) is 0 Å². The van der Waals surface area contributed by atoms with E-state index >= 15 is 0 Å². The molecule has 3 aromatic rings. The van der Waals surface area contributed by atoms with Gasteiger partial charge in [-0.3, -0.25) is 4.79 Å². The third-order valence-electron chi connectivity index (χ3n) is 4.74. The summed E-state index contributed by atoms with van der Waals surface area (Å²) in [5.41, 5.74) is 0.821. The summed E-state index contributed by atoms with van der Waals surface area (Å²) in [5.74, 6) is -1.06. The summed E-state index contributed by atoms with van der Waals surface area (Å²) in [6.07, 6.45) is -0.461. The first-order valence-electron chi connectivity index (χ1n) is 9.46. The Kier molecular flexibility index (Phi) is 6.41. The number of aromatic hydroxyl groups is 2. The lowest BCUT2D eigenvalue weighted by Crippen LogP contribution is -2.36. The molecule has 0 aromatic heterocycles. The van der Waals surface area contributed by atoms with Crippen molar-refractivity contribution in [2.75, 3.05) is 13.7 Å². The number of hydrogen-bond acceptors (Lipinski definition) is 6. The monoisotopic (exact) mass is 409 g/mol. The number of benzene rings is 3. The standard InChI is InChI=1S/C23H23NO6/c1-14(22(27)24-12-11-15-7-9-16(29-2)10-8-15)30-23(28)19-13-20(25)17-5-3-4-6-18(17)21(19)26/h3-10,13-14,25-26H,11-12H2,1-2H3,(H,24,27)/t14-/m0/s1. The summed E-state index contributed by atoms with van der Waals surface area (Å²) in [6.45, 7) is 1.81. The third kappa shape index (κ3) is 4.63. The molecular weight excluding hydrogens is 386 g/mol. The topological polar surface area (TPSA) is 105 Å². The molecule has 1 atom stereocenters. The van der Waals surface area contributed by atoms with Crippen molar-refractivity contribution in [2.45, 2.75) is 19.4 Å². The zero-order chi connectivity index (χ0) is 21.7. The van der Waals surface area contributed by atoms with Crippen molar-refractivity contribution in [1.82, 2.24) is 5.32 Å². The third-order valence-corrected chi connectivity index (χ3v) is 4.74. The number of amides is 1. The SMILES string of the molecule is COc1ccc(CCNC(=O)[C@H](C)OC(=O)c2cc(O)c3ccccc3c2O)cc1. The highest BCUT2D eigenvalue weighted by atomic mass is 16.5. The van der Waals surface area contributed by atoms with Gasteiger partial charge in [-0.2, -0.15) is 0 Å². The van der Waals surface area contributed by atoms with Crippen molar-refractivity contribution in [2.24, 2.45) is 0 Å². The van der Waals surface area contributed by atoms with Gasteiger partial charge in [-0.25, -0.2) is 4.79 Å². The Morgan fingerprint density at radius 3 is 2.37 bits per heavy atom. The lowest BCUT2D eigenvalue weighted by Gasteiger charge is -2.15. The number of methoxy groups -OCH3 is 1. The second kappa shape index (κ2) is 9.17. The number of nitrogens with one attached hydrogen (secondary N) is 1. The molecule has 1 amide bonds. The second-order valence-electron chi connectivity index (χ2n) is 6.77. The van der Waals surface area contributed by atoms with Crippen molar-refractivity contribution < 1.29 is 29.3 Å². The first kappa shape index (κ1) is 21.0. The van der Waals surface area contributed by atoms with Crippen LogP contribution in [0, 0.1) is 0 Å². The highest BCUT2D eigenvalue weighted by molar-refractivity contribution is 6.04. The number of ether oxygens (including phenoxy) is 2. The van der Waals surface area contributed by atoms with E-state index in [1.807, 2.05) is 24.3 Å². The van der Waals surface area contributed by atoms with E-state index in [9.17, 15) is 19.8 Å². The summed E-state index contributed by atoms with van der Waals surface area (Å²) in [7, 11) is 1.59. The highest BCUT2D eigenvalue weighted by Gasteiger charge is 2.23. The van der Waals surface area contributed by atoms with Gasteiger partial charge in [0.15, 0.2) is 6.10 Å². The molecule has 7 heteroatoms. The molecule has 156 valence electrons. The number of carbonyl (C=O) groups excluding carboxylic acids is 2. The van der Waals surface area contributed by atoms with Crippen LogP contribution in [0.25, 0.3) is 10.8 Å². The van der Waals surface area contributed by atoms with Crippen LogP contribution in [0.1, 0.15) is 22.8 Å². The molecule has 0 radical (unpaired) electrons. The van der Waals surface area contributed by atoms with Crippen LogP contribution in [-0.4, -0.2) is 41.8 Å². The molecule has 0 saturated heterocycles. The number of phenolic OH excluding ortho intramolecular Hbond substituents is 2. The summed E-state index contributed by atoms with van der Waals surface area (Å²) < 4.78 is 10.3. The fraction of sp³-hybridized carbons (Fsp3) is 0.217. The molecule has 0 aliphatic carbocycles. The Hall–Kier alpha value is -3.74. The Morgan fingerprint density at radius 2 is 1.70 bits per heavy atom. The van der Waals surface area contributed by atoms with Crippen molar-refractivity contribution in [3.05, 3.63) is 65.7 Å². The van der Waals surface area contributed by atoms with E-state index in [-0.39, 0.29) is 17.1 Å². The summed E-state index contributed by atoms with van der Waals surface area (Å²) in [4.78, 5) is 24.7. The zero-order valence-corrected chi connectivity index (χ0v) is 16.7. The van der Waals surface area contributed by atoms with E-state index in [1.165, 1.54) is 6.92 Å². The highest BCUT2D eigenvalue weighted by Crippen LogP contribution is 2.35. The van der Waals surface area contributed by atoms with Crippen LogP contribution in [0.5, 0.6) is 17.2 Å². The van der Waals surface area contributed by atoms with Crippen LogP contribution in [0.3, 0.4) is 0 Å². The average molecular weight is 409 g/mol. The molecular formula is C23H23NO6. The molecule has 0 aliphatic heterocycles. The fourth-order valence-electron chi connectivity index (χ4n) is 3.04. The maximum atomic E-state index is 12.4. The molecule has 0 saturated carbocycles. The molecule has 30 heavy (non-hydrogen) atoms. The van der Waals surface area contributed by atoms with Gasteiger partial charge in [-0.05, 0) is 37.1 Å². The quantitative estimate of drug-likeness (QED) is 0.409. The van der Waals surface area contributed by atoms with E-state index < -0.39 is 18.0 Å². The first-order chi connectivity index (χ1) is 14.4. The van der Waals surface area contributed by atoms with Crippen molar-refractivity contribution >= 4 is 22.6 Å². The van der Waals surface area contributed by atoms with Crippen LogP contribution in [0.2, 0.25) is 0 Å². The van der Waals surface area contributed by atoms with Crippen LogP contribution in [0.15, 0.2) is 54.6 Å². The maximum Gasteiger partial charge on any atom is 0.342 e. The van der Waals surface area contributed by atoms with Gasteiger partial charge in [0.2, 0.25) is 0 Å². The minimum Gasteiger partial charge on any atom is -0.507 e. The smallest absolute Gasteiger partial charge is 0.342 e. The number of hydrogen-bond donors (Lipinski definition) is 3. The lowest BCUT2D eigenvalue weighted by atomic mass is 10.0. The van der Waals surface area contributed by atoms with E-state index in [2.05, 4.69) is 5.32 Å². The van der Waals surface area contributed by atoms with Gasteiger partial charge in [-0.1, -0.05) is 36.4 Å². The molecule has 7 nitrogen and oxygen atoms in total. The van der Waals surface area contributed by atoms with Gasteiger partial charge < -0.3 is 25.0 Å². The predicted molar refractivity (Wildman–Crippen MR) is 112 cm³/mol. The second-order valence-corrected chi connectivity index (χ2v) is 6.77. The van der Waals surface area contributed by atoms with Crippen LogP contribution < -0.4 is 10.1 Å². The molecule has 0 unspecified atom stereocenters. The zero-order valence-electron chi connectivity index (χ0n) is 16.7. The Bertz CT molecular complexity index is 1060. The number of esters is 1.